The Morgan fingerprint density at radius 3 is 2.41 bits per heavy atom. The number of furan rings is 1. The molecule has 6 nitrogen and oxygen atoms in total. The van der Waals surface area contributed by atoms with Gasteiger partial charge in [-0.3, -0.25) is 0 Å². The van der Waals surface area contributed by atoms with Gasteiger partial charge in [-0.1, -0.05) is 17.3 Å². The van der Waals surface area contributed by atoms with Crippen LogP contribution < -0.4 is 9.47 Å². The van der Waals surface area contributed by atoms with Crippen molar-refractivity contribution in [1.82, 2.24) is 10.1 Å². The smallest absolute Gasteiger partial charge is 0.251 e. The van der Waals surface area contributed by atoms with E-state index in [-0.39, 0.29) is 0 Å². The Kier molecular flexibility index (Phi) is 4.38. The lowest BCUT2D eigenvalue weighted by Crippen LogP contribution is -1.82. The Labute approximate surface area is 156 Å². The van der Waals surface area contributed by atoms with Crippen molar-refractivity contribution in [3.05, 3.63) is 59.5 Å². The number of aryl methyl sites for hydroxylation is 1. The Balaban J connectivity index is 1.61. The van der Waals surface area contributed by atoms with E-state index in [2.05, 4.69) is 10.1 Å². The van der Waals surface area contributed by atoms with Crippen molar-refractivity contribution in [2.75, 3.05) is 14.2 Å². The van der Waals surface area contributed by atoms with Gasteiger partial charge < -0.3 is 18.4 Å². The van der Waals surface area contributed by atoms with Crippen LogP contribution in [0.25, 0.3) is 34.7 Å². The largest absolute Gasteiger partial charge is 0.497 e. The predicted molar refractivity (Wildman–Crippen MR) is 103 cm³/mol. The molecule has 4 rings (SSSR count). The van der Waals surface area contributed by atoms with Gasteiger partial charge in [0.25, 0.3) is 5.89 Å². The molecule has 0 N–H and O–H groups in total. The van der Waals surface area contributed by atoms with Crippen molar-refractivity contribution in [2.24, 2.45) is 0 Å². The fourth-order valence-electron chi connectivity index (χ4n) is 2.82. The highest BCUT2D eigenvalue weighted by Crippen LogP contribution is 2.33. The van der Waals surface area contributed by atoms with Gasteiger partial charge in [0, 0.05) is 17.0 Å². The molecule has 27 heavy (non-hydrogen) atoms. The molecule has 0 fully saturated rings. The van der Waals surface area contributed by atoms with Crippen molar-refractivity contribution in [1.29, 1.82) is 0 Å². The second kappa shape index (κ2) is 6.99. The zero-order valence-corrected chi connectivity index (χ0v) is 15.2. The van der Waals surface area contributed by atoms with Gasteiger partial charge in [-0.05, 0) is 48.9 Å². The van der Waals surface area contributed by atoms with E-state index < -0.39 is 0 Å². The highest BCUT2D eigenvalue weighted by Gasteiger charge is 2.17. The monoisotopic (exact) mass is 362 g/mol. The molecule has 0 radical (unpaired) electrons. The minimum atomic E-state index is 0.401. The average Bonchev–Trinajstić information content (AvgIpc) is 3.31. The van der Waals surface area contributed by atoms with Crippen LogP contribution in [0.4, 0.5) is 0 Å². The van der Waals surface area contributed by atoms with Gasteiger partial charge in [0.2, 0.25) is 5.82 Å². The lowest BCUT2D eigenvalue weighted by atomic mass is 10.1. The lowest BCUT2D eigenvalue weighted by molar-refractivity contribution is 0.409. The summed E-state index contributed by atoms with van der Waals surface area (Å²) in [7, 11) is 3.28. The minimum absolute atomic E-state index is 0.401. The number of rotatable bonds is 5. The molecule has 2 heterocycles. The number of benzene rings is 2. The average molecular weight is 362 g/mol. The summed E-state index contributed by atoms with van der Waals surface area (Å²) in [5.41, 5.74) is 2.70. The summed E-state index contributed by atoms with van der Waals surface area (Å²) in [6, 6.07) is 13.3. The van der Waals surface area contributed by atoms with Crippen LogP contribution >= 0.6 is 0 Å². The van der Waals surface area contributed by atoms with Crippen molar-refractivity contribution < 1.29 is 18.4 Å². The molecule has 0 spiro atoms. The maximum atomic E-state index is 5.91. The van der Waals surface area contributed by atoms with Crippen LogP contribution in [-0.4, -0.2) is 24.4 Å². The van der Waals surface area contributed by atoms with E-state index in [0.717, 1.165) is 33.6 Å². The van der Waals surface area contributed by atoms with Gasteiger partial charge in [-0.15, -0.1) is 0 Å². The van der Waals surface area contributed by atoms with E-state index in [1.807, 2.05) is 55.5 Å². The van der Waals surface area contributed by atoms with Crippen molar-refractivity contribution in [3.8, 4) is 23.1 Å². The number of ether oxygens (including phenoxy) is 2. The molecule has 0 unspecified atom stereocenters. The highest BCUT2D eigenvalue weighted by molar-refractivity contribution is 5.87. The molecule has 0 aliphatic carbocycles. The third-order valence-electron chi connectivity index (χ3n) is 4.32. The van der Waals surface area contributed by atoms with Crippen LogP contribution in [0.15, 0.2) is 51.4 Å². The first-order valence-corrected chi connectivity index (χ1v) is 8.41. The Morgan fingerprint density at radius 2 is 1.67 bits per heavy atom. The van der Waals surface area contributed by atoms with Crippen LogP contribution in [0.3, 0.4) is 0 Å². The number of hydrogen-bond donors (Lipinski definition) is 0. The topological polar surface area (TPSA) is 70.5 Å². The first kappa shape index (κ1) is 16.9. The van der Waals surface area contributed by atoms with Gasteiger partial charge in [0.1, 0.15) is 17.1 Å². The zero-order valence-electron chi connectivity index (χ0n) is 15.2. The Morgan fingerprint density at radius 1 is 0.926 bits per heavy atom. The first-order valence-electron chi connectivity index (χ1n) is 8.41. The maximum absolute atomic E-state index is 5.91. The van der Waals surface area contributed by atoms with E-state index in [9.17, 15) is 0 Å². The Bertz CT molecular complexity index is 1110. The Hall–Kier alpha value is -3.54. The molecule has 2 aromatic carbocycles. The van der Waals surface area contributed by atoms with E-state index in [1.165, 1.54) is 0 Å². The molecular weight excluding hydrogens is 344 g/mol. The third-order valence-corrected chi connectivity index (χ3v) is 4.32. The van der Waals surface area contributed by atoms with Crippen molar-refractivity contribution in [2.45, 2.75) is 6.92 Å². The summed E-state index contributed by atoms with van der Waals surface area (Å²) in [5, 5.41) is 5.00. The quantitative estimate of drug-likeness (QED) is 0.499. The van der Waals surface area contributed by atoms with Gasteiger partial charge >= 0.3 is 0 Å². The van der Waals surface area contributed by atoms with Gasteiger partial charge in [0.05, 0.1) is 14.2 Å². The lowest BCUT2D eigenvalue weighted by Gasteiger charge is -1.98. The summed E-state index contributed by atoms with van der Waals surface area (Å²) in [4.78, 5) is 4.41. The molecule has 0 saturated heterocycles. The standard InChI is InChI=1S/C21H18N2O4/c1-13-17-12-16(25-3)9-10-18(17)26-20(13)21-22-19(27-23-21)11-6-14-4-7-15(24-2)8-5-14/h4-12H,1-3H3/b11-6+. The van der Waals surface area contributed by atoms with E-state index in [1.54, 1.807) is 20.3 Å². The normalized spacial score (nSPS) is 11.4. The molecule has 4 aromatic rings. The molecule has 0 aliphatic heterocycles. The molecule has 136 valence electrons. The number of methoxy groups -OCH3 is 2. The van der Waals surface area contributed by atoms with E-state index in [4.69, 9.17) is 18.4 Å². The molecule has 6 heteroatoms. The van der Waals surface area contributed by atoms with Gasteiger partial charge in [-0.2, -0.15) is 4.98 Å². The summed E-state index contributed by atoms with van der Waals surface area (Å²) in [6.07, 6.45) is 3.66. The van der Waals surface area contributed by atoms with Crippen LogP contribution in [-0.2, 0) is 0 Å². The number of fused-ring (bicyclic) bond motifs is 1. The van der Waals surface area contributed by atoms with Crippen molar-refractivity contribution >= 4 is 23.1 Å². The summed E-state index contributed by atoms with van der Waals surface area (Å²) >= 11 is 0. The fraction of sp³-hybridized carbons (Fsp3) is 0.143. The second-order valence-corrected chi connectivity index (χ2v) is 5.98. The maximum Gasteiger partial charge on any atom is 0.251 e. The van der Waals surface area contributed by atoms with Crippen molar-refractivity contribution in [3.63, 3.8) is 0 Å². The predicted octanol–water partition coefficient (Wildman–Crippen LogP) is 4.98. The second-order valence-electron chi connectivity index (χ2n) is 5.98. The highest BCUT2D eigenvalue weighted by atomic mass is 16.5. The molecule has 0 aliphatic rings. The fourth-order valence-corrected chi connectivity index (χ4v) is 2.82. The molecule has 0 atom stereocenters. The van der Waals surface area contributed by atoms with Gasteiger partial charge in [0.15, 0.2) is 5.76 Å². The van der Waals surface area contributed by atoms with Crippen LogP contribution in [0.1, 0.15) is 17.0 Å². The summed E-state index contributed by atoms with van der Waals surface area (Å²) < 4.78 is 21.7. The van der Waals surface area contributed by atoms with Gasteiger partial charge in [-0.25, -0.2) is 0 Å². The summed E-state index contributed by atoms with van der Waals surface area (Å²) in [6.45, 7) is 1.96. The summed E-state index contributed by atoms with van der Waals surface area (Å²) in [5.74, 6) is 2.99. The third kappa shape index (κ3) is 3.29. The zero-order chi connectivity index (χ0) is 18.8. The first-order chi connectivity index (χ1) is 13.2. The molecule has 0 bridgehead atoms. The number of nitrogens with zero attached hydrogens (tertiary/aromatic N) is 2. The van der Waals surface area contributed by atoms with Crippen LogP contribution in [0.2, 0.25) is 0 Å². The SMILES string of the molecule is COc1ccc(/C=C/c2nc(-c3oc4ccc(OC)cc4c3C)no2)cc1. The molecule has 0 saturated carbocycles. The number of hydrogen-bond acceptors (Lipinski definition) is 6. The minimum Gasteiger partial charge on any atom is -0.497 e. The molecular formula is C21H18N2O4. The van der Waals surface area contributed by atoms with E-state index in [0.29, 0.717) is 17.5 Å². The molecule has 2 aromatic heterocycles. The number of aromatic nitrogens is 2. The van der Waals surface area contributed by atoms with E-state index >= 15 is 0 Å². The van der Waals surface area contributed by atoms with Crippen LogP contribution in [0, 0.1) is 6.92 Å². The van der Waals surface area contributed by atoms with Crippen LogP contribution in [0.5, 0.6) is 11.5 Å². The molecule has 0 amide bonds.